The summed E-state index contributed by atoms with van der Waals surface area (Å²) in [5.74, 6) is 0.606. The van der Waals surface area contributed by atoms with E-state index in [0.717, 1.165) is 24.6 Å². The maximum Gasteiger partial charge on any atom is 0.271 e. The molecule has 0 spiro atoms. The first-order chi connectivity index (χ1) is 10.3. The van der Waals surface area contributed by atoms with Crippen molar-refractivity contribution in [1.29, 1.82) is 0 Å². The van der Waals surface area contributed by atoms with Gasteiger partial charge in [0, 0.05) is 19.3 Å². The van der Waals surface area contributed by atoms with E-state index in [9.17, 15) is 4.79 Å². The van der Waals surface area contributed by atoms with E-state index >= 15 is 0 Å². The van der Waals surface area contributed by atoms with Crippen LogP contribution in [-0.4, -0.2) is 33.9 Å². The van der Waals surface area contributed by atoms with Crippen molar-refractivity contribution in [2.24, 2.45) is 0 Å². The highest BCUT2D eigenvalue weighted by atomic mass is 16.1. The molecule has 0 saturated carbocycles. The van der Waals surface area contributed by atoms with Crippen LogP contribution in [0, 0.1) is 0 Å². The van der Waals surface area contributed by atoms with Gasteiger partial charge in [-0.15, -0.1) is 0 Å². The maximum atomic E-state index is 12.0. The zero-order chi connectivity index (χ0) is 14.5. The van der Waals surface area contributed by atoms with Gasteiger partial charge in [-0.05, 0) is 25.0 Å². The molecular formula is C15H17N5O. The second-order valence-electron chi connectivity index (χ2n) is 4.96. The van der Waals surface area contributed by atoms with Crippen LogP contribution in [-0.2, 0) is 6.54 Å². The molecule has 0 bridgehead atoms. The molecule has 1 saturated heterocycles. The average Bonchev–Trinajstić information content (AvgIpc) is 3.08. The van der Waals surface area contributed by atoms with Gasteiger partial charge >= 0.3 is 0 Å². The lowest BCUT2D eigenvalue weighted by molar-refractivity contribution is 0.0945. The van der Waals surface area contributed by atoms with Crippen LogP contribution >= 0.6 is 0 Å². The lowest BCUT2D eigenvalue weighted by atomic mass is 10.3. The fraction of sp³-hybridized carbons (Fsp3) is 0.333. The van der Waals surface area contributed by atoms with E-state index in [1.54, 1.807) is 12.4 Å². The maximum absolute atomic E-state index is 12.0. The number of carbonyl (C=O) groups excluding carboxylic acids is 1. The Kier molecular flexibility index (Phi) is 4.04. The minimum absolute atomic E-state index is 0.235. The zero-order valence-electron chi connectivity index (χ0n) is 11.7. The average molecular weight is 283 g/mol. The molecule has 2 aromatic heterocycles. The van der Waals surface area contributed by atoms with Crippen LogP contribution in [0.2, 0.25) is 0 Å². The van der Waals surface area contributed by atoms with Crippen LogP contribution in [0.3, 0.4) is 0 Å². The molecule has 6 nitrogen and oxygen atoms in total. The zero-order valence-corrected chi connectivity index (χ0v) is 11.7. The van der Waals surface area contributed by atoms with Gasteiger partial charge in [0.05, 0.1) is 24.6 Å². The number of aromatic nitrogens is 3. The van der Waals surface area contributed by atoms with Crippen molar-refractivity contribution < 1.29 is 4.79 Å². The summed E-state index contributed by atoms with van der Waals surface area (Å²) in [5, 5.41) is 2.79. The Hall–Kier alpha value is -2.50. The van der Waals surface area contributed by atoms with Crippen molar-refractivity contribution in [3.63, 3.8) is 0 Å². The minimum Gasteiger partial charge on any atom is -0.355 e. The van der Waals surface area contributed by atoms with Crippen LogP contribution in [0.25, 0.3) is 0 Å². The Morgan fingerprint density at radius 2 is 2.00 bits per heavy atom. The van der Waals surface area contributed by atoms with Gasteiger partial charge in [-0.2, -0.15) is 0 Å². The Labute approximate surface area is 123 Å². The van der Waals surface area contributed by atoms with E-state index in [2.05, 4.69) is 25.2 Å². The molecule has 0 aromatic carbocycles. The van der Waals surface area contributed by atoms with Gasteiger partial charge in [-0.3, -0.25) is 9.78 Å². The summed E-state index contributed by atoms with van der Waals surface area (Å²) in [7, 11) is 0. The second kappa shape index (κ2) is 6.30. The summed E-state index contributed by atoms with van der Waals surface area (Å²) in [6, 6.07) is 5.59. The van der Waals surface area contributed by atoms with Crippen molar-refractivity contribution >= 4 is 11.7 Å². The molecule has 1 aliphatic rings. The molecule has 1 fully saturated rings. The van der Waals surface area contributed by atoms with E-state index < -0.39 is 0 Å². The van der Waals surface area contributed by atoms with Crippen molar-refractivity contribution in [3.05, 3.63) is 48.2 Å². The Morgan fingerprint density at radius 3 is 2.67 bits per heavy atom. The Bertz CT molecular complexity index is 593. The summed E-state index contributed by atoms with van der Waals surface area (Å²) in [4.78, 5) is 26.9. The second-order valence-corrected chi connectivity index (χ2v) is 4.96. The minimum atomic E-state index is -0.235. The van der Waals surface area contributed by atoms with Crippen molar-refractivity contribution in [1.82, 2.24) is 20.3 Å². The first kappa shape index (κ1) is 13.5. The highest BCUT2D eigenvalue weighted by Crippen LogP contribution is 2.16. The predicted octanol–water partition coefficient (Wildman–Crippen LogP) is 1.40. The number of hydrogen-bond donors (Lipinski definition) is 1. The molecule has 108 valence electrons. The third-order valence-electron chi connectivity index (χ3n) is 3.46. The molecule has 0 radical (unpaired) electrons. The van der Waals surface area contributed by atoms with Crippen molar-refractivity contribution in [3.8, 4) is 0 Å². The van der Waals surface area contributed by atoms with E-state index in [0.29, 0.717) is 12.2 Å². The van der Waals surface area contributed by atoms with Crippen LogP contribution < -0.4 is 10.2 Å². The van der Waals surface area contributed by atoms with Crippen LogP contribution in [0.15, 0.2) is 36.8 Å². The Morgan fingerprint density at radius 1 is 1.14 bits per heavy atom. The molecule has 1 aliphatic heterocycles. The molecule has 3 rings (SSSR count). The summed E-state index contributed by atoms with van der Waals surface area (Å²) in [5.41, 5.74) is 1.14. The smallest absolute Gasteiger partial charge is 0.271 e. The number of rotatable bonds is 4. The van der Waals surface area contributed by atoms with Crippen molar-refractivity contribution in [2.45, 2.75) is 19.4 Å². The fourth-order valence-corrected chi connectivity index (χ4v) is 2.31. The number of anilines is 1. The molecule has 2 aromatic rings. The number of nitrogens with one attached hydrogen (secondary N) is 1. The standard InChI is InChI=1S/C15H17N5O/c21-15(19-9-12-5-1-2-6-16-12)13-10-18-14(11-17-13)20-7-3-4-8-20/h1-2,5-6,10-11H,3-4,7-9H2,(H,19,21). The van der Waals surface area contributed by atoms with Crippen molar-refractivity contribution in [2.75, 3.05) is 18.0 Å². The van der Waals surface area contributed by atoms with E-state index in [1.165, 1.54) is 19.0 Å². The van der Waals surface area contributed by atoms with E-state index in [-0.39, 0.29) is 5.91 Å². The number of pyridine rings is 1. The van der Waals surface area contributed by atoms with Gasteiger partial charge < -0.3 is 10.2 Å². The van der Waals surface area contributed by atoms with Gasteiger partial charge in [0.15, 0.2) is 0 Å². The molecule has 21 heavy (non-hydrogen) atoms. The summed E-state index contributed by atoms with van der Waals surface area (Å²) in [6.07, 6.45) is 7.27. The van der Waals surface area contributed by atoms with Crippen LogP contribution in [0.1, 0.15) is 29.0 Å². The number of hydrogen-bond acceptors (Lipinski definition) is 5. The van der Waals surface area contributed by atoms with E-state index in [1.807, 2.05) is 18.2 Å². The highest BCUT2D eigenvalue weighted by molar-refractivity contribution is 5.91. The monoisotopic (exact) mass is 283 g/mol. The lowest BCUT2D eigenvalue weighted by Crippen LogP contribution is -2.25. The predicted molar refractivity (Wildman–Crippen MR) is 78.9 cm³/mol. The Balaban J connectivity index is 1.59. The van der Waals surface area contributed by atoms with Gasteiger partial charge in [-0.1, -0.05) is 6.07 Å². The van der Waals surface area contributed by atoms with Gasteiger partial charge in [0.2, 0.25) is 0 Å². The molecule has 0 aliphatic carbocycles. The van der Waals surface area contributed by atoms with Crippen LogP contribution in [0.4, 0.5) is 5.82 Å². The number of amides is 1. The summed E-state index contributed by atoms with van der Waals surface area (Å²) >= 11 is 0. The first-order valence-electron chi connectivity index (χ1n) is 7.08. The quantitative estimate of drug-likeness (QED) is 0.918. The third-order valence-corrected chi connectivity index (χ3v) is 3.46. The van der Waals surface area contributed by atoms with Crippen LogP contribution in [0.5, 0.6) is 0 Å². The van der Waals surface area contributed by atoms with Gasteiger partial charge in [0.25, 0.3) is 5.91 Å². The lowest BCUT2D eigenvalue weighted by Gasteiger charge is -2.15. The molecule has 1 N–H and O–H groups in total. The SMILES string of the molecule is O=C(NCc1ccccn1)c1cnc(N2CCCC2)cn1. The molecule has 1 amide bonds. The highest BCUT2D eigenvalue weighted by Gasteiger charge is 2.15. The molecule has 3 heterocycles. The largest absolute Gasteiger partial charge is 0.355 e. The van der Waals surface area contributed by atoms with Gasteiger partial charge in [-0.25, -0.2) is 9.97 Å². The summed E-state index contributed by atoms with van der Waals surface area (Å²) < 4.78 is 0. The van der Waals surface area contributed by atoms with E-state index in [4.69, 9.17) is 0 Å². The molecule has 0 atom stereocenters. The fourth-order valence-electron chi connectivity index (χ4n) is 2.31. The van der Waals surface area contributed by atoms with Gasteiger partial charge in [0.1, 0.15) is 11.5 Å². The summed E-state index contributed by atoms with van der Waals surface area (Å²) in [6.45, 7) is 2.41. The molecule has 6 heteroatoms. The number of nitrogens with zero attached hydrogens (tertiary/aromatic N) is 4. The topological polar surface area (TPSA) is 71.0 Å². The molecular weight excluding hydrogens is 266 g/mol. The normalized spacial score (nSPS) is 14.2. The first-order valence-corrected chi connectivity index (χ1v) is 7.08. The number of carbonyl (C=O) groups is 1. The third kappa shape index (κ3) is 3.34. The molecule has 0 unspecified atom stereocenters.